The molecule has 0 radical (unpaired) electrons. The Morgan fingerprint density at radius 2 is 1.27 bits per heavy atom. The lowest BCUT2D eigenvalue weighted by Crippen LogP contribution is -2.09. The van der Waals surface area contributed by atoms with Crippen LogP contribution in [0.5, 0.6) is 0 Å². The molecule has 0 fully saturated rings. The summed E-state index contributed by atoms with van der Waals surface area (Å²) in [5.74, 6) is 1.70. The van der Waals surface area contributed by atoms with E-state index in [1.807, 2.05) is 11.3 Å². The summed E-state index contributed by atoms with van der Waals surface area (Å²) in [5, 5.41) is 3.60. The predicted molar refractivity (Wildman–Crippen MR) is 189 cm³/mol. The van der Waals surface area contributed by atoms with E-state index in [0.717, 1.165) is 29.7 Å². The minimum absolute atomic E-state index is 0.337. The second-order valence-corrected chi connectivity index (χ2v) is 13.3. The monoisotopic (exact) mass is 590 g/mol. The third kappa shape index (κ3) is 5.27. The highest BCUT2D eigenvalue weighted by atomic mass is 32.1. The summed E-state index contributed by atoms with van der Waals surface area (Å²) in [6.45, 7) is 9.26. The van der Waals surface area contributed by atoms with Gasteiger partial charge in [0.25, 0.3) is 0 Å². The van der Waals surface area contributed by atoms with Gasteiger partial charge in [0.2, 0.25) is 0 Å². The van der Waals surface area contributed by atoms with Gasteiger partial charge in [-0.1, -0.05) is 107 Å². The van der Waals surface area contributed by atoms with Crippen LogP contribution in [0, 0.1) is 0 Å². The maximum absolute atomic E-state index is 5.36. The Morgan fingerprint density at radius 1 is 0.636 bits per heavy atom. The number of aromatic nitrogens is 2. The van der Waals surface area contributed by atoms with E-state index < -0.39 is 0 Å². The highest BCUT2D eigenvalue weighted by Gasteiger charge is 2.24. The summed E-state index contributed by atoms with van der Waals surface area (Å²) in [7, 11) is 0. The fourth-order valence-electron chi connectivity index (χ4n) is 6.39. The van der Waals surface area contributed by atoms with Crippen molar-refractivity contribution in [2.75, 3.05) is 0 Å². The van der Waals surface area contributed by atoms with Crippen molar-refractivity contribution in [1.82, 2.24) is 9.55 Å². The standard InChI is InChI=1S/C41H38N2S/c1-27(2)33-24-32(31-15-9-6-10-16-31)25-34(28(3)4)40(33)43-38-18-12-11-17-37(38)42-41(43)36-26-44-39-22-21-30(23-35(36)39)20-19-29-13-7-5-8-14-29/h5-18,21-28H,19-20H2,1-4H3. The van der Waals surface area contributed by atoms with Gasteiger partial charge in [-0.2, -0.15) is 0 Å². The molecule has 0 unspecified atom stereocenters. The number of hydrogen-bond acceptors (Lipinski definition) is 2. The van der Waals surface area contributed by atoms with Crippen LogP contribution in [0.1, 0.15) is 61.8 Å². The van der Waals surface area contributed by atoms with Crippen molar-refractivity contribution in [3.63, 3.8) is 0 Å². The Balaban J connectivity index is 1.44. The SMILES string of the molecule is CC(C)c1cc(-c2ccccc2)cc(C(C)C)c1-n1c(-c2csc3ccc(CCc4ccccc4)cc23)nc2ccccc21. The van der Waals surface area contributed by atoms with E-state index in [-0.39, 0.29) is 0 Å². The molecule has 0 aliphatic rings. The zero-order valence-electron chi connectivity index (χ0n) is 25.9. The van der Waals surface area contributed by atoms with Gasteiger partial charge < -0.3 is 0 Å². The molecule has 7 rings (SSSR count). The van der Waals surface area contributed by atoms with Crippen molar-refractivity contribution in [3.05, 3.63) is 143 Å². The lowest BCUT2D eigenvalue weighted by atomic mass is 9.88. The molecular formula is C41H38N2S. The van der Waals surface area contributed by atoms with E-state index in [0.29, 0.717) is 11.8 Å². The van der Waals surface area contributed by atoms with E-state index >= 15 is 0 Å². The van der Waals surface area contributed by atoms with Crippen LogP contribution in [0.15, 0.2) is 121 Å². The smallest absolute Gasteiger partial charge is 0.147 e. The molecule has 3 heteroatoms. The number of rotatable bonds is 8. The fraction of sp³-hybridized carbons (Fsp3) is 0.195. The molecule has 0 N–H and O–H groups in total. The van der Waals surface area contributed by atoms with Crippen LogP contribution >= 0.6 is 11.3 Å². The molecule has 0 saturated heterocycles. The first-order valence-electron chi connectivity index (χ1n) is 15.7. The summed E-state index contributed by atoms with van der Waals surface area (Å²) < 4.78 is 3.77. The van der Waals surface area contributed by atoms with Crippen molar-refractivity contribution in [2.24, 2.45) is 0 Å². The van der Waals surface area contributed by atoms with Crippen molar-refractivity contribution in [1.29, 1.82) is 0 Å². The third-order valence-electron chi connectivity index (χ3n) is 8.73. The molecule has 218 valence electrons. The molecule has 0 bridgehead atoms. The van der Waals surface area contributed by atoms with Crippen molar-refractivity contribution in [2.45, 2.75) is 52.4 Å². The number of aryl methyl sites for hydroxylation is 2. The number of thiophene rings is 1. The summed E-state index contributed by atoms with van der Waals surface area (Å²) >= 11 is 1.81. The predicted octanol–water partition coefficient (Wildman–Crippen LogP) is 11.6. The molecule has 0 amide bonds. The number of nitrogens with zero attached hydrogens (tertiary/aromatic N) is 2. The van der Waals surface area contributed by atoms with Gasteiger partial charge in [-0.15, -0.1) is 11.3 Å². The lowest BCUT2D eigenvalue weighted by Gasteiger charge is -2.24. The van der Waals surface area contributed by atoms with Crippen LogP contribution in [-0.4, -0.2) is 9.55 Å². The van der Waals surface area contributed by atoms with E-state index in [2.05, 4.69) is 153 Å². The molecule has 2 nitrogen and oxygen atoms in total. The van der Waals surface area contributed by atoms with Gasteiger partial charge in [0.1, 0.15) is 5.82 Å². The van der Waals surface area contributed by atoms with Gasteiger partial charge >= 0.3 is 0 Å². The maximum Gasteiger partial charge on any atom is 0.147 e. The summed E-state index contributed by atoms with van der Waals surface area (Å²) in [6.07, 6.45) is 2.05. The van der Waals surface area contributed by atoms with Gasteiger partial charge in [-0.05, 0) is 94.5 Å². The Bertz CT molecular complexity index is 2030. The fourth-order valence-corrected chi connectivity index (χ4v) is 7.31. The molecule has 5 aromatic carbocycles. The van der Waals surface area contributed by atoms with Crippen LogP contribution in [-0.2, 0) is 12.8 Å². The molecule has 44 heavy (non-hydrogen) atoms. The average molecular weight is 591 g/mol. The van der Waals surface area contributed by atoms with Crippen molar-refractivity contribution in [3.8, 4) is 28.2 Å². The number of fused-ring (bicyclic) bond motifs is 2. The maximum atomic E-state index is 5.36. The van der Waals surface area contributed by atoms with Crippen LogP contribution < -0.4 is 0 Å². The Kier molecular flexibility index (Phi) is 7.66. The normalized spacial score (nSPS) is 11.8. The molecule has 0 saturated carbocycles. The zero-order valence-corrected chi connectivity index (χ0v) is 26.7. The van der Waals surface area contributed by atoms with E-state index in [4.69, 9.17) is 4.98 Å². The number of imidazole rings is 1. The van der Waals surface area contributed by atoms with Crippen LogP contribution in [0.2, 0.25) is 0 Å². The van der Waals surface area contributed by atoms with Crippen LogP contribution in [0.25, 0.3) is 49.3 Å². The van der Waals surface area contributed by atoms with Crippen molar-refractivity contribution < 1.29 is 0 Å². The Morgan fingerprint density at radius 3 is 1.98 bits per heavy atom. The molecule has 0 atom stereocenters. The van der Waals surface area contributed by atoms with Gasteiger partial charge in [0.15, 0.2) is 0 Å². The van der Waals surface area contributed by atoms with Gasteiger partial charge in [-0.3, -0.25) is 4.57 Å². The number of para-hydroxylation sites is 2. The van der Waals surface area contributed by atoms with Crippen molar-refractivity contribution >= 4 is 32.5 Å². The summed E-state index contributed by atoms with van der Waals surface area (Å²) in [6, 6.07) is 42.0. The quantitative estimate of drug-likeness (QED) is 0.172. The van der Waals surface area contributed by atoms with Gasteiger partial charge in [0, 0.05) is 21.0 Å². The van der Waals surface area contributed by atoms with Crippen LogP contribution in [0.3, 0.4) is 0 Å². The van der Waals surface area contributed by atoms with Gasteiger partial charge in [0.05, 0.1) is 16.7 Å². The van der Waals surface area contributed by atoms with E-state index in [1.54, 1.807) is 0 Å². The Hall–Kier alpha value is -4.47. The Labute approximate surface area is 264 Å². The highest BCUT2D eigenvalue weighted by molar-refractivity contribution is 7.17. The van der Waals surface area contributed by atoms with E-state index in [1.165, 1.54) is 54.7 Å². The lowest BCUT2D eigenvalue weighted by molar-refractivity contribution is 0.812. The summed E-state index contributed by atoms with van der Waals surface area (Å²) in [5.41, 5.74) is 12.6. The van der Waals surface area contributed by atoms with Gasteiger partial charge in [-0.25, -0.2) is 4.98 Å². The van der Waals surface area contributed by atoms with Crippen LogP contribution in [0.4, 0.5) is 0 Å². The van der Waals surface area contributed by atoms with E-state index in [9.17, 15) is 0 Å². The highest BCUT2D eigenvalue weighted by Crippen LogP contribution is 2.42. The molecule has 2 aromatic heterocycles. The molecule has 2 heterocycles. The average Bonchev–Trinajstić information content (AvgIpc) is 3.65. The second-order valence-electron chi connectivity index (χ2n) is 12.4. The topological polar surface area (TPSA) is 17.8 Å². The summed E-state index contributed by atoms with van der Waals surface area (Å²) in [4.78, 5) is 5.36. The first kappa shape index (κ1) is 28.3. The minimum atomic E-state index is 0.337. The zero-order chi connectivity index (χ0) is 30.2. The third-order valence-corrected chi connectivity index (χ3v) is 9.69. The molecule has 0 spiro atoms. The number of hydrogen-bond donors (Lipinski definition) is 0. The first-order chi connectivity index (χ1) is 21.5. The first-order valence-corrected chi connectivity index (χ1v) is 16.6. The molecule has 7 aromatic rings. The molecule has 0 aliphatic carbocycles. The molecule has 0 aliphatic heterocycles. The second kappa shape index (κ2) is 11.9. The largest absolute Gasteiger partial charge is 0.292 e. The number of benzene rings is 5. The minimum Gasteiger partial charge on any atom is -0.292 e. The molecular weight excluding hydrogens is 553 g/mol.